The van der Waals surface area contributed by atoms with Gasteiger partial charge in [-0.2, -0.15) is 0 Å². The second-order valence-corrected chi connectivity index (χ2v) is 16.6. The Balaban J connectivity index is 1.79. The lowest BCUT2D eigenvalue weighted by atomic mass is 9.96. The molecule has 1 aliphatic rings. The number of amides is 7. The lowest BCUT2D eigenvalue weighted by Gasteiger charge is -2.30. The SMILES string of the molecule is CC[C@H](C)[C@H](NC(=O)[C@H](Cc1ccccc1)NC(=O)CN)C(=O)N[C@@H](CCCCN)C(=O)N[C@@H](C)C(=O)N[C@@H](Cc1ccccc1)C(=O)N1CCC[C@H]1C(=O)N[C@@H](CCCCN)C(=O)O. The number of benzene rings is 2. The predicted molar refractivity (Wildman–Crippen MR) is 244 cm³/mol. The number of aliphatic carboxylic acids is 1. The lowest BCUT2D eigenvalue weighted by molar-refractivity contribution is -0.145. The summed E-state index contributed by atoms with van der Waals surface area (Å²) in [5.74, 6) is -5.97. The number of carboxylic acid groups (broad SMARTS) is 1. The zero-order chi connectivity index (χ0) is 47.9. The van der Waals surface area contributed by atoms with Gasteiger partial charge in [-0.05, 0) is 88.4 Å². The van der Waals surface area contributed by atoms with E-state index in [1.165, 1.54) is 11.8 Å². The summed E-state index contributed by atoms with van der Waals surface area (Å²) in [4.78, 5) is 109. The Labute approximate surface area is 381 Å². The van der Waals surface area contributed by atoms with E-state index in [4.69, 9.17) is 17.2 Å². The summed E-state index contributed by atoms with van der Waals surface area (Å²) in [6, 6.07) is 10.1. The highest BCUT2D eigenvalue weighted by Gasteiger charge is 2.40. The van der Waals surface area contributed by atoms with Gasteiger partial charge in [0, 0.05) is 19.4 Å². The molecule has 8 atom stereocenters. The number of carbonyl (C=O) groups excluding carboxylic acids is 7. The highest BCUT2D eigenvalue weighted by atomic mass is 16.4. The van der Waals surface area contributed by atoms with Crippen LogP contribution in [0.1, 0.15) is 89.7 Å². The quantitative estimate of drug-likeness (QED) is 0.0494. The molecule has 0 saturated carbocycles. The fourth-order valence-corrected chi connectivity index (χ4v) is 7.54. The first kappa shape index (κ1) is 53.4. The van der Waals surface area contributed by atoms with Crippen LogP contribution in [0.3, 0.4) is 0 Å². The van der Waals surface area contributed by atoms with Gasteiger partial charge in [0.2, 0.25) is 41.4 Å². The lowest BCUT2D eigenvalue weighted by Crippen LogP contribution is -2.60. The normalized spacial score (nSPS) is 16.6. The van der Waals surface area contributed by atoms with Gasteiger partial charge < -0.3 is 59.1 Å². The molecule has 19 heteroatoms. The van der Waals surface area contributed by atoms with Gasteiger partial charge in [-0.15, -0.1) is 0 Å². The van der Waals surface area contributed by atoms with Crippen LogP contribution in [0.15, 0.2) is 60.7 Å². The van der Waals surface area contributed by atoms with Gasteiger partial charge in [0.1, 0.15) is 42.3 Å². The van der Waals surface area contributed by atoms with E-state index in [2.05, 4.69) is 31.9 Å². The maximum absolute atomic E-state index is 14.3. The van der Waals surface area contributed by atoms with Crippen molar-refractivity contribution in [2.24, 2.45) is 23.1 Å². The molecular formula is C46H70N10O9. The molecule has 65 heavy (non-hydrogen) atoms. The van der Waals surface area contributed by atoms with Crippen molar-refractivity contribution in [3.05, 3.63) is 71.8 Å². The van der Waals surface area contributed by atoms with Crippen LogP contribution in [0.4, 0.5) is 0 Å². The first-order valence-corrected chi connectivity index (χ1v) is 22.7. The number of carbonyl (C=O) groups is 8. The van der Waals surface area contributed by atoms with Crippen molar-refractivity contribution in [1.29, 1.82) is 0 Å². The predicted octanol–water partition coefficient (Wildman–Crippen LogP) is -0.261. The van der Waals surface area contributed by atoms with Crippen LogP contribution in [0.5, 0.6) is 0 Å². The van der Waals surface area contributed by atoms with Gasteiger partial charge >= 0.3 is 5.97 Å². The molecule has 1 heterocycles. The monoisotopic (exact) mass is 907 g/mol. The van der Waals surface area contributed by atoms with E-state index in [1.54, 1.807) is 61.5 Å². The van der Waals surface area contributed by atoms with Crippen LogP contribution in [0, 0.1) is 5.92 Å². The smallest absolute Gasteiger partial charge is 0.326 e. The molecule has 3 rings (SSSR count). The van der Waals surface area contributed by atoms with E-state index in [9.17, 15) is 43.5 Å². The van der Waals surface area contributed by atoms with E-state index >= 15 is 0 Å². The number of nitrogens with one attached hydrogen (secondary N) is 6. The van der Waals surface area contributed by atoms with Crippen LogP contribution in [-0.2, 0) is 51.2 Å². The summed E-state index contributed by atoms with van der Waals surface area (Å²) in [6.45, 7) is 5.61. The van der Waals surface area contributed by atoms with Crippen LogP contribution in [-0.4, -0.2) is 126 Å². The minimum absolute atomic E-state index is 0.0519. The van der Waals surface area contributed by atoms with E-state index in [0.717, 1.165) is 5.56 Å². The Morgan fingerprint density at radius 2 is 1.18 bits per heavy atom. The Hall–Kier alpha value is -5.92. The number of hydrogen-bond acceptors (Lipinski definition) is 11. The Kier molecular flexibility index (Phi) is 23.1. The Bertz CT molecular complexity index is 1870. The Morgan fingerprint density at radius 3 is 1.72 bits per heavy atom. The topological polar surface area (TPSA) is 310 Å². The molecule has 1 fully saturated rings. The van der Waals surface area contributed by atoms with Gasteiger partial charge in [0.05, 0.1) is 6.54 Å². The maximum atomic E-state index is 14.3. The van der Waals surface area contributed by atoms with E-state index in [0.29, 0.717) is 63.6 Å². The van der Waals surface area contributed by atoms with Gasteiger partial charge in [-0.1, -0.05) is 80.9 Å². The van der Waals surface area contributed by atoms with Crippen LogP contribution in [0.2, 0.25) is 0 Å². The average molecular weight is 907 g/mol. The molecule has 2 aromatic rings. The number of nitrogens with two attached hydrogens (primary N) is 3. The molecule has 0 aliphatic carbocycles. The summed E-state index contributed by atoms with van der Waals surface area (Å²) >= 11 is 0. The molecule has 0 unspecified atom stereocenters. The number of hydrogen-bond donors (Lipinski definition) is 10. The van der Waals surface area contributed by atoms with Crippen molar-refractivity contribution in [3.8, 4) is 0 Å². The van der Waals surface area contributed by atoms with Crippen LogP contribution >= 0.6 is 0 Å². The number of rotatable bonds is 28. The van der Waals surface area contributed by atoms with Gasteiger partial charge in [-0.3, -0.25) is 33.6 Å². The molecule has 2 aromatic carbocycles. The van der Waals surface area contributed by atoms with E-state index in [-0.39, 0.29) is 38.8 Å². The van der Waals surface area contributed by atoms with Crippen LogP contribution < -0.4 is 49.1 Å². The van der Waals surface area contributed by atoms with E-state index in [1.807, 2.05) is 13.0 Å². The highest BCUT2D eigenvalue weighted by Crippen LogP contribution is 2.21. The van der Waals surface area contributed by atoms with Gasteiger partial charge in [-0.25, -0.2) is 4.79 Å². The summed E-state index contributed by atoms with van der Waals surface area (Å²) in [5, 5.41) is 26.0. The molecule has 358 valence electrons. The van der Waals surface area contributed by atoms with Crippen molar-refractivity contribution >= 4 is 47.3 Å². The van der Waals surface area contributed by atoms with Crippen molar-refractivity contribution < 1.29 is 43.5 Å². The second kappa shape index (κ2) is 28.1. The fraction of sp³-hybridized carbons (Fsp3) is 0.565. The minimum atomic E-state index is -1.21. The number of unbranched alkanes of at least 4 members (excludes halogenated alkanes) is 2. The molecule has 13 N–H and O–H groups in total. The molecule has 0 spiro atoms. The third-order valence-electron chi connectivity index (χ3n) is 11.5. The average Bonchev–Trinajstić information content (AvgIpc) is 3.80. The standard InChI is InChI=1S/C46H70N10O9/c1-4-29(2)39(55-42(60)35(51-38(57)28-49)26-31-16-7-5-8-17-31)44(62)52-33(20-11-13-23-47)41(59)50-30(3)40(58)54-36(27-32-18-9-6-10-19-32)45(63)56-25-15-22-37(56)43(61)53-34(46(64)65)21-12-14-24-48/h5-10,16-19,29-30,33-37,39H,4,11-15,20-28,47-49H2,1-3H3,(H,50,59)(H,51,57)(H,52,62)(H,53,61)(H,54,58)(H,55,60)(H,64,65)/t29-,30-,33-,34-,35-,36-,37-,39-/m0/s1. The maximum Gasteiger partial charge on any atom is 0.326 e. The zero-order valence-corrected chi connectivity index (χ0v) is 37.9. The third kappa shape index (κ3) is 17.5. The Morgan fingerprint density at radius 1 is 0.646 bits per heavy atom. The number of likely N-dealkylation sites (tertiary alicyclic amines) is 1. The van der Waals surface area contributed by atoms with Crippen molar-refractivity contribution in [3.63, 3.8) is 0 Å². The summed E-state index contributed by atoms with van der Waals surface area (Å²) in [7, 11) is 0. The molecule has 0 aromatic heterocycles. The second-order valence-electron chi connectivity index (χ2n) is 16.6. The fourth-order valence-electron chi connectivity index (χ4n) is 7.54. The third-order valence-corrected chi connectivity index (χ3v) is 11.5. The van der Waals surface area contributed by atoms with Crippen molar-refractivity contribution in [2.75, 3.05) is 26.2 Å². The minimum Gasteiger partial charge on any atom is -0.480 e. The molecule has 0 bridgehead atoms. The van der Waals surface area contributed by atoms with Crippen LogP contribution in [0.25, 0.3) is 0 Å². The molecule has 1 aliphatic heterocycles. The summed E-state index contributed by atoms with van der Waals surface area (Å²) in [5.41, 5.74) is 18.3. The van der Waals surface area contributed by atoms with Crippen molar-refractivity contribution in [2.45, 2.75) is 134 Å². The summed E-state index contributed by atoms with van der Waals surface area (Å²) < 4.78 is 0. The number of nitrogens with zero attached hydrogens (tertiary/aromatic N) is 1. The number of carboxylic acids is 1. The molecular weight excluding hydrogens is 837 g/mol. The molecule has 0 radical (unpaired) electrons. The zero-order valence-electron chi connectivity index (χ0n) is 37.9. The summed E-state index contributed by atoms with van der Waals surface area (Å²) in [6.07, 6.45) is 3.81. The highest BCUT2D eigenvalue weighted by molar-refractivity contribution is 5.97. The first-order chi connectivity index (χ1) is 31.1. The first-order valence-electron chi connectivity index (χ1n) is 22.7. The van der Waals surface area contributed by atoms with Crippen molar-refractivity contribution in [1.82, 2.24) is 36.8 Å². The van der Waals surface area contributed by atoms with E-state index < -0.39 is 95.5 Å². The molecule has 19 nitrogen and oxygen atoms in total. The largest absolute Gasteiger partial charge is 0.480 e. The molecule has 1 saturated heterocycles. The van der Waals surface area contributed by atoms with Gasteiger partial charge in [0.25, 0.3) is 0 Å². The molecule has 7 amide bonds. The van der Waals surface area contributed by atoms with Gasteiger partial charge in [0.15, 0.2) is 0 Å².